The van der Waals surface area contributed by atoms with Crippen molar-refractivity contribution >= 4 is 18.2 Å². The van der Waals surface area contributed by atoms with Crippen molar-refractivity contribution in [2.45, 2.75) is 49.3 Å². The molecular weight excluding hydrogens is 546 g/mol. The third-order valence-corrected chi connectivity index (χ3v) is 8.04. The van der Waals surface area contributed by atoms with Gasteiger partial charge in [0, 0.05) is 10.3 Å². The Kier molecular flexibility index (Phi) is 8.20. The van der Waals surface area contributed by atoms with Gasteiger partial charge in [-0.05, 0) is 54.7 Å². The lowest BCUT2D eigenvalue weighted by molar-refractivity contribution is -0.773. The van der Waals surface area contributed by atoms with Crippen LogP contribution in [0.4, 0.5) is 0 Å². The molecule has 0 unspecified atom stereocenters. The average molecular weight is 578 g/mol. The van der Waals surface area contributed by atoms with Gasteiger partial charge in [0.05, 0.1) is 17.2 Å². The first-order chi connectivity index (χ1) is 21.0. The number of esters is 2. The van der Waals surface area contributed by atoms with Gasteiger partial charge in [0.15, 0.2) is 6.10 Å². The van der Waals surface area contributed by atoms with Crippen LogP contribution >= 0.6 is 0 Å². The zero-order chi connectivity index (χ0) is 29.6. The van der Waals surface area contributed by atoms with E-state index in [9.17, 15) is 14.8 Å². The van der Waals surface area contributed by atoms with Crippen LogP contribution in [0.25, 0.3) is 0 Å². The molecule has 4 aromatic rings. The van der Waals surface area contributed by atoms with Gasteiger partial charge in [-0.1, -0.05) is 97.1 Å². The Bertz CT molecular complexity index is 1520. The van der Waals surface area contributed by atoms with Crippen LogP contribution < -0.4 is 0 Å². The van der Waals surface area contributed by atoms with E-state index in [1.807, 2.05) is 36.4 Å². The van der Waals surface area contributed by atoms with Crippen molar-refractivity contribution in [2.75, 3.05) is 0 Å². The predicted molar refractivity (Wildman–Crippen MR) is 158 cm³/mol. The number of benzene rings is 4. The van der Waals surface area contributed by atoms with Crippen LogP contribution in [0.5, 0.6) is 0 Å². The molecule has 0 N–H and O–H groups in total. The molecule has 6 rings (SSSR count). The number of rotatable bonds is 8. The van der Waals surface area contributed by atoms with Crippen LogP contribution in [0, 0.1) is 5.21 Å². The maximum absolute atomic E-state index is 13.3. The molecule has 2 aliphatic rings. The third-order valence-electron chi connectivity index (χ3n) is 8.04. The molecule has 0 bridgehead atoms. The molecule has 1 aliphatic carbocycles. The van der Waals surface area contributed by atoms with E-state index >= 15 is 0 Å². The van der Waals surface area contributed by atoms with Crippen molar-refractivity contribution in [3.63, 3.8) is 0 Å². The van der Waals surface area contributed by atoms with Crippen molar-refractivity contribution in [3.8, 4) is 0 Å². The summed E-state index contributed by atoms with van der Waals surface area (Å²) in [5, 5.41) is 12.8. The molecule has 218 valence electrons. The zero-order valence-corrected chi connectivity index (χ0v) is 23.4. The second-order valence-electron chi connectivity index (χ2n) is 10.6. The first-order valence-electron chi connectivity index (χ1n) is 14.3. The summed E-state index contributed by atoms with van der Waals surface area (Å²) >= 11 is 0. The first kappa shape index (κ1) is 28.2. The van der Waals surface area contributed by atoms with E-state index in [1.165, 1.54) is 0 Å². The van der Waals surface area contributed by atoms with E-state index in [0.29, 0.717) is 12.0 Å². The molecule has 0 aromatic heterocycles. The van der Waals surface area contributed by atoms with Gasteiger partial charge in [0.25, 0.3) is 6.21 Å². The molecule has 0 spiro atoms. The van der Waals surface area contributed by atoms with Crippen molar-refractivity contribution in [1.29, 1.82) is 0 Å². The number of hydrogen-bond donors (Lipinski definition) is 0. The standard InChI is InChI=1S/C35H31NO7/c37-32(25-14-5-1-6-15-25)40-29-24-36(39)43-34(31(29)42-33(38)26-16-7-2-8-17-26)41-30-22-13-23-35(30,27-18-9-3-10-19-27)28-20-11-4-12-21-28/h1-12,14-21,24,29-31,34H,13,22-23H2/t29-,30+,31+,34-/m0/s1. The van der Waals surface area contributed by atoms with Crippen LogP contribution in [-0.2, 0) is 24.5 Å². The fourth-order valence-electron chi connectivity index (χ4n) is 6.03. The zero-order valence-electron chi connectivity index (χ0n) is 23.4. The van der Waals surface area contributed by atoms with E-state index in [0.717, 1.165) is 30.2 Å². The van der Waals surface area contributed by atoms with Gasteiger partial charge in [-0.3, -0.25) is 5.21 Å². The van der Waals surface area contributed by atoms with Crippen molar-refractivity contribution < 1.29 is 33.5 Å². The monoisotopic (exact) mass is 577 g/mol. The van der Waals surface area contributed by atoms with Crippen molar-refractivity contribution in [3.05, 3.63) is 149 Å². The maximum Gasteiger partial charge on any atom is 0.339 e. The summed E-state index contributed by atoms with van der Waals surface area (Å²) in [6.07, 6.45) is -1.01. The maximum atomic E-state index is 13.3. The Labute approximate surface area is 249 Å². The minimum atomic E-state index is -1.36. The minimum absolute atomic E-state index is 0.210. The molecule has 1 fully saturated rings. The van der Waals surface area contributed by atoms with Gasteiger partial charge < -0.3 is 19.0 Å². The highest BCUT2D eigenvalue weighted by Crippen LogP contribution is 2.48. The van der Waals surface area contributed by atoms with Gasteiger partial charge in [0.2, 0.25) is 12.4 Å². The lowest BCUT2D eigenvalue weighted by atomic mass is 9.71. The highest BCUT2D eigenvalue weighted by atomic mass is 16.9. The number of carbonyl (C=O) groups is 2. The largest absolute Gasteiger partial charge is 0.450 e. The minimum Gasteiger partial charge on any atom is -0.450 e. The lowest BCUT2D eigenvalue weighted by Crippen LogP contribution is -2.54. The molecule has 0 amide bonds. The summed E-state index contributed by atoms with van der Waals surface area (Å²) in [4.78, 5) is 32.2. The van der Waals surface area contributed by atoms with Gasteiger partial charge in [-0.2, -0.15) is 0 Å². The molecule has 1 heterocycles. The van der Waals surface area contributed by atoms with Gasteiger partial charge in [0.1, 0.15) is 0 Å². The fraction of sp³-hybridized carbons (Fsp3) is 0.229. The third kappa shape index (κ3) is 5.87. The summed E-state index contributed by atoms with van der Waals surface area (Å²) in [6, 6.07) is 37.0. The van der Waals surface area contributed by atoms with Crippen LogP contribution in [0.2, 0.25) is 0 Å². The quantitative estimate of drug-likeness (QED) is 0.192. The van der Waals surface area contributed by atoms with E-state index in [4.69, 9.17) is 19.0 Å². The van der Waals surface area contributed by atoms with E-state index in [2.05, 4.69) is 24.3 Å². The topological polar surface area (TPSA) is 97.1 Å². The predicted octanol–water partition coefficient (Wildman–Crippen LogP) is 5.85. The van der Waals surface area contributed by atoms with E-state index in [-0.39, 0.29) is 10.5 Å². The normalized spacial score (nSPS) is 22.6. The summed E-state index contributed by atoms with van der Waals surface area (Å²) in [5.74, 6) is -1.35. The summed E-state index contributed by atoms with van der Waals surface area (Å²) in [7, 11) is 0. The Morgan fingerprint density at radius 2 is 1.21 bits per heavy atom. The van der Waals surface area contributed by atoms with Crippen molar-refractivity contribution in [1.82, 2.24) is 0 Å². The smallest absolute Gasteiger partial charge is 0.339 e. The molecule has 0 saturated heterocycles. The Morgan fingerprint density at radius 3 is 1.74 bits per heavy atom. The van der Waals surface area contributed by atoms with Gasteiger partial charge >= 0.3 is 11.9 Å². The molecule has 1 saturated carbocycles. The molecule has 8 heteroatoms. The van der Waals surface area contributed by atoms with Crippen LogP contribution in [-0.4, -0.2) is 47.7 Å². The second-order valence-corrected chi connectivity index (χ2v) is 10.6. The summed E-state index contributed by atoms with van der Waals surface area (Å²) < 4.78 is 18.3. The molecule has 43 heavy (non-hydrogen) atoms. The molecule has 4 aromatic carbocycles. The number of carbonyl (C=O) groups excluding carboxylic acids is 2. The van der Waals surface area contributed by atoms with Crippen LogP contribution in [0.1, 0.15) is 51.1 Å². The van der Waals surface area contributed by atoms with Crippen LogP contribution in [0.3, 0.4) is 0 Å². The summed E-state index contributed by atoms with van der Waals surface area (Å²) in [6.45, 7) is 0. The highest BCUT2D eigenvalue weighted by Gasteiger charge is 2.51. The number of hydrogen-bond acceptors (Lipinski definition) is 7. The SMILES string of the molecule is O=C(O[C@H]1[C@@H](O[C@@H]2CCCC2(c2ccccc2)c2ccccc2)O[N+]([O-])=C[C@@H]1OC(=O)c1ccccc1)c1ccccc1. The number of nitrogens with zero attached hydrogens (tertiary/aromatic N) is 1. The van der Waals surface area contributed by atoms with Gasteiger partial charge in [-0.15, -0.1) is 0 Å². The lowest BCUT2D eigenvalue weighted by Gasteiger charge is -2.41. The van der Waals surface area contributed by atoms with Crippen molar-refractivity contribution in [2.24, 2.45) is 0 Å². The molecule has 4 atom stereocenters. The average Bonchev–Trinajstić information content (AvgIpc) is 3.48. The molecule has 8 nitrogen and oxygen atoms in total. The van der Waals surface area contributed by atoms with E-state index < -0.39 is 42.0 Å². The van der Waals surface area contributed by atoms with Gasteiger partial charge in [-0.25, -0.2) is 9.59 Å². The summed E-state index contributed by atoms with van der Waals surface area (Å²) in [5.41, 5.74) is 2.16. The van der Waals surface area contributed by atoms with E-state index in [1.54, 1.807) is 60.7 Å². The Morgan fingerprint density at radius 1 is 0.721 bits per heavy atom. The molecule has 1 aliphatic heterocycles. The second kappa shape index (κ2) is 12.5. The first-order valence-corrected chi connectivity index (χ1v) is 14.3. The molecular formula is C35H31NO7. The Balaban J connectivity index is 1.35. The number of ether oxygens (including phenoxy) is 3. The fourth-order valence-corrected chi connectivity index (χ4v) is 6.03. The Hall–Kier alpha value is -4.95. The highest BCUT2D eigenvalue weighted by molar-refractivity contribution is 5.91. The van der Waals surface area contributed by atoms with Crippen LogP contribution in [0.15, 0.2) is 121 Å². The molecule has 0 radical (unpaired) electrons.